The quantitative estimate of drug-likeness (QED) is 0.824. The molecule has 0 aliphatic carbocycles. The van der Waals surface area contributed by atoms with Crippen molar-refractivity contribution in [2.75, 3.05) is 12.5 Å². The number of methoxy groups -OCH3 is 1. The second-order valence-electron chi connectivity index (χ2n) is 3.42. The first kappa shape index (κ1) is 10.4. The molecule has 1 heterocycles. The zero-order chi connectivity index (χ0) is 11.4. The van der Waals surface area contributed by atoms with Crippen LogP contribution in [0, 0.1) is 0 Å². The molecule has 0 bridgehead atoms. The summed E-state index contributed by atoms with van der Waals surface area (Å²) in [5.74, 6) is 0.890. The van der Waals surface area contributed by atoms with Crippen molar-refractivity contribution in [3.8, 4) is 11.5 Å². The Bertz CT molecular complexity index is 452. The highest BCUT2D eigenvalue weighted by Crippen LogP contribution is 2.23. The van der Waals surface area contributed by atoms with E-state index in [4.69, 9.17) is 4.74 Å². The number of nitrogens with one attached hydrogen (secondary N) is 1. The molecule has 84 valence electrons. The van der Waals surface area contributed by atoms with E-state index in [0.29, 0.717) is 12.3 Å². The number of aromatic nitrogens is 1. The Morgan fingerprint density at radius 2 is 2.06 bits per heavy atom. The molecule has 2 N–H and O–H groups in total. The van der Waals surface area contributed by atoms with Crippen LogP contribution >= 0.6 is 0 Å². The van der Waals surface area contributed by atoms with Gasteiger partial charge in [0.25, 0.3) is 0 Å². The molecule has 0 aliphatic heterocycles. The van der Waals surface area contributed by atoms with Crippen molar-refractivity contribution in [2.45, 2.75) is 6.54 Å². The molecule has 0 saturated carbocycles. The van der Waals surface area contributed by atoms with Crippen LogP contribution < -0.4 is 10.2 Å². The van der Waals surface area contributed by atoms with E-state index >= 15 is 0 Å². The van der Waals surface area contributed by atoms with Gasteiger partial charge in [0.1, 0.15) is 11.5 Å². The second kappa shape index (κ2) is 4.61. The van der Waals surface area contributed by atoms with Gasteiger partial charge in [-0.3, -0.25) is 4.68 Å². The summed E-state index contributed by atoms with van der Waals surface area (Å²) >= 11 is 0. The van der Waals surface area contributed by atoms with Gasteiger partial charge in [0.15, 0.2) is 0 Å². The average molecular weight is 218 g/mol. The molecule has 2 rings (SSSR count). The molecule has 16 heavy (non-hydrogen) atoms. The number of hydrogen-bond acceptors (Lipinski definition) is 3. The Kier molecular flexibility index (Phi) is 3.00. The number of phenols is 1. The maximum Gasteiger partial charge on any atom is 0.124 e. The topological polar surface area (TPSA) is 46.4 Å². The van der Waals surface area contributed by atoms with E-state index < -0.39 is 0 Å². The summed E-state index contributed by atoms with van der Waals surface area (Å²) in [7, 11) is 1.58. The Labute approximate surface area is 94.1 Å². The van der Waals surface area contributed by atoms with Crippen molar-refractivity contribution < 1.29 is 9.84 Å². The molecule has 1 aromatic carbocycles. The van der Waals surface area contributed by atoms with Gasteiger partial charge in [0.2, 0.25) is 0 Å². The summed E-state index contributed by atoms with van der Waals surface area (Å²) in [6.45, 7) is 0.560. The number of hydrogen-bond donors (Lipinski definition) is 2. The van der Waals surface area contributed by atoms with E-state index in [2.05, 4.69) is 5.43 Å². The van der Waals surface area contributed by atoms with Gasteiger partial charge in [-0.25, -0.2) is 0 Å². The minimum Gasteiger partial charge on any atom is -0.507 e. The molecule has 4 heteroatoms. The van der Waals surface area contributed by atoms with E-state index in [9.17, 15) is 5.11 Å². The maximum absolute atomic E-state index is 9.72. The third kappa shape index (κ3) is 2.28. The van der Waals surface area contributed by atoms with Crippen LogP contribution in [0.15, 0.2) is 42.7 Å². The molecule has 2 aromatic rings. The fourth-order valence-electron chi connectivity index (χ4n) is 1.44. The minimum absolute atomic E-state index is 0.235. The van der Waals surface area contributed by atoms with E-state index in [1.807, 2.05) is 41.3 Å². The van der Waals surface area contributed by atoms with E-state index in [1.165, 1.54) is 0 Å². The van der Waals surface area contributed by atoms with Crippen LogP contribution in [-0.2, 0) is 6.54 Å². The van der Waals surface area contributed by atoms with E-state index in [0.717, 1.165) is 5.56 Å². The van der Waals surface area contributed by atoms with Gasteiger partial charge in [-0.15, -0.1) is 0 Å². The van der Waals surface area contributed by atoms with E-state index in [-0.39, 0.29) is 5.75 Å². The first-order valence-electron chi connectivity index (χ1n) is 5.02. The molecule has 4 nitrogen and oxygen atoms in total. The zero-order valence-corrected chi connectivity index (χ0v) is 9.05. The summed E-state index contributed by atoms with van der Waals surface area (Å²) in [6, 6.07) is 9.13. The average Bonchev–Trinajstić information content (AvgIpc) is 2.80. The van der Waals surface area contributed by atoms with Gasteiger partial charge >= 0.3 is 0 Å². The highest BCUT2D eigenvalue weighted by atomic mass is 16.5. The molecule has 0 radical (unpaired) electrons. The fraction of sp³-hybridized carbons (Fsp3) is 0.167. The number of benzene rings is 1. The van der Waals surface area contributed by atoms with Gasteiger partial charge in [-0.05, 0) is 24.3 Å². The molecule has 0 fully saturated rings. The standard InChI is InChI=1S/C12H14N2O2/c1-16-11-5-4-10(12(15)8-11)9-13-14-6-2-3-7-14/h2-8,13,15H,9H2,1H3. The Balaban J connectivity index is 2.04. The molecule has 0 saturated heterocycles. The smallest absolute Gasteiger partial charge is 0.124 e. The SMILES string of the molecule is COc1ccc(CNn2cccc2)c(O)c1. The van der Waals surface area contributed by atoms with Crippen molar-refractivity contribution in [2.24, 2.45) is 0 Å². The number of nitrogens with zero attached hydrogens (tertiary/aromatic N) is 1. The molecule has 0 amide bonds. The van der Waals surface area contributed by atoms with Crippen LogP contribution in [0.4, 0.5) is 0 Å². The number of phenolic OH excluding ortho intramolecular Hbond substituents is 1. The largest absolute Gasteiger partial charge is 0.507 e. The number of ether oxygens (including phenoxy) is 1. The monoisotopic (exact) mass is 218 g/mol. The highest BCUT2D eigenvalue weighted by Gasteiger charge is 2.02. The maximum atomic E-state index is 9.72. The van der Waals surface area contributed by atoms with Crippen LogP contribution in [0.3, 0.4) is 0 Å². The molecule has 0 spiro atoms. The lowest BCUT2D eigenvalue weighted by Gasteiger charge is -2.10. The van der Waals surface area contributed by atoms with Crippen molar-refractivity contribution in [1.29, 1.82) is 0 Å². The van der Waals surface area contributed by atoms with Gasteiger partial charge in [0.05, 0.1) is 13.7 Å². The molecule has 1 aromatic heterocycles. The number of rotatable bonds is 4. The van der Waals surface area contributed by atoms with Crippen molar-refractivity contribution in [3.05, 3.63) is 48.3 Å². The van der Waals surface area contributed by atoms with Crippen LogP contribution in [0.25, 0.3) is 0 Å². The Hall–Kier alpha value is -2.10. The number of aromatic hydroxyl groups is 1. The Morgan fingerprint density at radius 3 is 2.69 bits per heavy atom. The normalized spacial score (nSPS) is 10.1. The molecular weight excluding hydrogens is 204 g/mol. The van der Waals surface area contributed by atoms with Crippen LogP contribution in [-0.4, -0.2) is 16.9 Å². The van der Waals surface area contributed by atoms with Gasteiger partial charge in [-0.2, -0.15) is 0 Å². The fourth-order valence-corrected chi connectivity index (χ4v) is 1.44. The van der Waals surface area contributed by atoms with Crippen molar-refractivity contribution >= 4 is 0 Å². The Morgan fingerprint density at radius 1 is 1.31 bits per heavy atom. The lowest BCUT2D eigenvalue weighted by Crippen LogP contribution is -2.11. The summed E-state index contributed by atoms with van der Waals surface area (Å²) in [5, 5.41) is 9.72. The van der Waals surface area contributed by atoms with Gasteiger partial charge in [-0.1, -0.05) is 0 Å². The van der Waals surface area contributed by atoms with Crippen molar-refractivity contribution in [3.63, 3.8) is 0 Å². The molecule has 0 unspecified atom stereocenters. The summed E-state index contributed by atoms with van der Waals surface area (Å²) < 4.78 is 6.85. The first-order valence-corrected chi connectivity index (χ1v) is 5.02. The molecule has 0 atom stereocenters. The molecular formula is C12H14N2O2. The predicted octanol–water partition coefficient (Wildman–Crippen LogP) is 1.95. The second-order valence-corrected chi connectivity index (χ2v) is 3.42. The van der Waals surface area contributed by atoms with Crippen LogP contribution in [0.5, 0.6) is 11.5 Å². The summed E-state index contributed by atoms with van der Waals surface area (Å²) in [4.78, 5) is 0. The highest BCUT2D eigenvalue weighted by molar-refractivity contribution is 5.40. The van der Waals surface area contributed by atoms with Crippen molar-refractivity contribution in [1.82, 2.24) is 4.68 Å². The van der Waals surface area contributed by atoms with Gasteiger partial charge in [0, 0.05) is 24.0 Å². The van der Waals surface area contributed by atoms with Crippen LogP contribution in [0.2, 0.25) is 0 Å². The van der Waals surface area contributed by atoms with E-state index in [1.54, 1.807) is 13.2 Å². The lowest BCUT2D eigenvalue weighted by molar-refractivity contribution is 0.406. The zero-order valence-electron chi connectivity index (χ0n) is 9.05. The summed E-state index contributed by atoms with van der Waals surface area (Å²) in [6.07, 6.45) is 3.81. The predicted molar refractivity (Wildman–Crippen MR) is 62.2 cm³/mol. The molecule has 0 aliphatic rings. The first-order chi connectivity index (χ1) is 7.79. The van der Waals surface area contributed by atoms with Gasteiger partial charge < -0.3 is 15.3 Å². The van der Waals surface area contributed by atoms with Crippen LogP contribution in [0.1, 0.15) is 5.56 Å². The third-order valence-electron chi connectivity index (χ3n) is 2.35. The lowest BCUT2D eigenvalue weighted by atomic mass is 10.2. The third-order valence-corrected chi connectivity index (χ3v) is 2.35. The summed E-state index contributed by atoms with van der Waals surface area (Å²) in [5.41, 5.74) is 3.96. The minimum atomic E-state index is 0.235.